The zero-order valence-electron chi connectivity index (χ0n) is 17.8. The number of hydrogen-bond donors (Lipinski definition) is 1. The van der Waals surface area contributed by atoms with Gasteiger partial charge in [-0.05, 0) is 42.3 Å². The number of benzene rings is 2. The van der Waals surface area contributed by atoms with Gasteiger partial charge in [-0.2, -0.15) is 5.10 Å². The van der Waals surface area contributed by atoms with Crippen LogP contribution in [0.2, 0.25) is 0 Å². The second-order valence-electron chi connectivity index (χ2n) is 7.06. The van der Waals surface area contributed by atoms with E-state index in [4.69, 9.17) is 19.3 Å². The lowest BCUT2D eigenvalue weighted by Gasteiger charge is -2.24. The van der Waals surface area contributed by atoms with Gasteiger partial charge < -0.3 is 19.3 Å². The van der Waals surface area contributed by atoms with E-state index in [0.29, 0.717) is 17.9 Å². The SMILES string of the molecule is COc1ccc(C2=NN(C(=O)CCCC(=O)O)[C@H](c3cccc(OC)c3OC)C2)cc1. The van der Waals surface area contributed by atoms with Gasteiger partial charge in [-0.15, -0.1) is 0 Å². The molecule has 0 bridgehead atoms. The molecule has 2 aromatic rings. The fraction of sp³-hybridized carbons (Fsp3) is 0.348. The number of rotatable bonds is 9. The Balaban J connectivity index is 1.95. The third-order valence-corrected chi connectivity index (χ3v) is 5.16. The summed E-state index contributed by atoms with van der Waals surface area (Å²) in [6, 6.07) is 12.6. The van der Waals surface area contributed by atoms with Crippen molar-refractivity contribution in [2.45, 2.75) is 31.7 Å². The van der Waals surface area contributed by atoms with Gasteiger partial charge in [0.1, 0.15) is 5.75 Å². The molecular weight excluding hydrogens is 400 g/mol. The van der Waals surface area contributed by atoms with Crippen LogP contribution in [-0.2, 0) is 9.59 Å². The lowest BCUT2D eigenvalue weighted by molar-refractivity contribution is -0.137. The number of methoxy groups -OCH3 is 3. The molecule has 0 saturated carbocycles. The summed E-state index contributed by atoms with van der Waals surface area (Å²) >= 11 is 0. The number of hydrogen-bond acceptors (Lipinski definition) is 6. The van der Waals surface area contributed by atoms with E-state index in [1.54, 1.807) is 27.4 Å². The predicted molar refractivity (Wildman–Crippen MR) is 115 cm³/mol. The van der Waals surface area contributed by atoms with Gasteiger partial charge in [-0.25, -0.2) is 5.01 Å². The normalized spacial score (nSPS) is 15.4. The minimum atomic E-state index is -0.928. The second kappa shape index (κ2) is 9.97. The van der Waals surface area contributed by atoms with Gasteiger partial charge in [0.05, 0.1) is 33.1 Å². The number of ether oxygens (including phenoxy) is 3. The van der Waals surface area contributed by atoms with Gasteiger partial charge in [-0.1, -0.05) is 12.1 Å². The molecule has 8 nitrogen and oxygen atoms in total. The first-order valence-electron chi connectivity index (χ1n) is 9.95. The van der Waals surface area contributed by atoms with Crippen LogP contribution in [0.1, 0.15) is 42.9 Å². The molecule has 0 fully saturated rings. The number of carbonyl (C=O) groups is 2. The molecule has 3 rings (SSSR count). The molecule has 0 aromatic heterocycles. The summed E-state index contributed by atoms with van der Waals surface area (Å²) in [5, 5.41) is 14.9. The highest BCUT2D eigenvalue weighted by Crippen LogP contribution is 2.42. The molecule has 1 aliphatic heterocycles. The van der Waals surface area contributed by atoms with E-state index in [1.807, 2.05) is 36.4 Å². The Bertz CT molecular complexity index is 971. The monoisotopic (exact) mass is 426 g/mol. The summed E-state index contributed by atoms with van der Waals surface area (Å²) in [5.41, 5.74) is 2.42. The maximum absolute atomic E-state index is 13.0. The zero-order chi connectivity index (χ0) is 22.4. The number of hydrazone groups is 1. The molecule has 0 spiro atoms. The van der Waals surface area contributed by atoms with Crippen molar-refractivity contribution in [3.8, 4) is 17.2 Å². The number of carbonyl (C=O) groups excluding carboxylic acids is 1. The lowest BCUT2D eigenvalue weighted by Crippen LogP contribution is -2.27. The summed E-state index contributed by atoms with van der Waals surface area (Å²) in [5.74, 6) is 0.679. The largest absolute Gasteiger partial charge is 0.497 e. The van der Waals surface area contributed by atoms with Crippen molar-refractivity contribution >= 4 is 17.6 Å². The Labute approximate surface area is 181 Å². The quantitative estimate of drug-likeness (QED) is 0.657. The second-order valence-corrected chi connectivity index (χ2v) is 7.06. The summed E-state index contributed by atoms with van der Waals surface area (Å²) in [6.45, 7) is 0. The molecule has 0 aliphatic carbocycles. The standard InChI is InChI=1S/C23H26N2O6/c1-29-16-12-10-15(11-13-16)18-14-19(17-6-4-7-20(30-2)23(17)31-3)25(24-18)21(26)8-5-9-22(27)28/h4,6-7,10-13,19H,5,8-9,14H2,1-3H3,(H,27,28)/t19-/m0/s1. The number of carboxylic acids is 1. The van der Waals surface area contributed by atoms with Gasteiger partial charge in [0.25, 0.3) is 0 Å². The van der Waals surface area contributed by atoms with E-state index in [1.165, 1.54) is 5.01 Å². The van der Waals surface area contributed by atoms with Gasteiger partial charge in [-0.3, -0.25) is 9.59 Å². The highest BCUT2D eigenvalue weighted by molar-refractivity contribution is 6.03. The molecule has 0 saturated heterocycles. The topological polar surface area (TPSA) is 97.7 Å². The minimum Gasteiger partial charge on any atom is -0.497 e. The third kappa shape index (κ3) is 4.96. The zero-order valence-corrected chi connectivity index (χ0v) is 17.8. The first kappa shape index (κ1) is 22.1. The van der Waals surface area contributed by atoms with Crippen molar-refractivity contribution in [3.05, 3.63) is 53.6 Å². The number of para-hydroxylation sites is 1. The Kier molecular flexibility index (Phi) is 7.12. The van der Waals surface area contributed by atoms with Gasteiger partial charge in [0.15, 0.2) is 11.5 Å². The molecule has 8 heteroatoms. The smallest absolute Gasteiger partial charge is 0.303 e. The van der Waals surface area contributed by atoms with Crippen molar-refractivity contribution in [2.75, 3.05) is 21.3 Å². The van der Waals surface area contributed by atoms with Crippen LogP contribution in [0.5, 0.6) is 17.2 Å². The molecule has 0 unspecified atom stereocenters. The van der Waals surface area contributed by atoms with Gasteiger partial charge >= 0.3 is 5.97 Å². The van der Waals surface area contributed by atoms with E-state index < -0.39 is 5.97 Å². The maximum Gasteiger partial charge on any atom is 0.303 e. The van der Waals surface area contributed by atoms with E-state index in [-0.39, 0.29) is 31.2 Å². The predicted octanol–water partition coefficient (Wildman–Crippen LogP) is 3.65. The molecule has 0 radical (unpaired) electrons. The number of nitrogens with zero attached hydrogens (tertiary/aromatic N) is 2. The highest BCUT2D eigenvalue weighted by Gasteiger charge is 2.35. The van der Waals surface area contributed by atoms with Crippen molar-refractivity contribution < 1.29 is 28.9 Å². The summed E-state index contributed by atoms with van der Waals surface area (Å²) < 4.78 is 16.2. The van der Waals surface area contributed by atoms with Crippen LogP contribution in [0, 0.1) is 0 Å². The minimum absolute atomic E-state index is 0.0677. The summed E-state index contributed by atoms with van der Waals surface area (Å²) in [7, 11) is 4.72. The Morgan fingerprint density at radius 3 is 2.39 bits per heavy atom. The van der Waals surface area contributed by atoms with Crippen molar-refractivity contribution in [2.24, 2.45) is 5.10 Å². The molecular formula is C23H26N2O6. The first-order valence-corrected chi connectivity index (χ1v) is 9.95. The van der Waals surface area contributed by atoms with Crippen molar-refractivity contribution in [3.63, 3.8) is 0 Å². The third-order valence-electron chi connectivity index (χ3n) is 5.16. The van der Waals surface area contributed by atoms with Crippen LogP contribution in [-0.4, -0.2) is 49.0 Å². The Hall–Kier alpha value is -3.55. The molecule has 2 aromatic carbocycles. The molecule has 1 atom stereocenters. The highest BCUT2D eigenvalue weighted by atomic mass is 16.5. The average Bonchev–Trinajstić information content (AvgIpc) is 3.23. The molecule has 1 N–H and O–H groups in total. The Morgan fingerprint density at radius 2 is 1.77 bits per heavy atom. The Morgan fingerprint density at radius 1 is 1.03 bits per heavy atom. The fourth-order valence-corrected chi connectivity index (χ4v) is 3.62. The molecule has 1 aliphatic rings. The molecule has 31 heavy (non-hydrogen) atoms. The van der Waals surface area contributed by atoms with E-state index in [9.17, 15) is 9.59 Å². The molecule has 1 amide bonds. The molecule has 164 valence electrons. The van der Waals surface area contributed by atoms with Crippen LogP contribution < -0.4 is 14.2 Å². The van der Waals surface area contributed by atoms with E-state index in [2.05, 4.69) is 5.10 Å². The first-order chi connectivity index (χ1) is 15.0. The summed E-state index contributed by atoms with van der Waals surface area (Å²) in [4.78, 5) is 23.8. The number of amides is 1. The average molecular weight is 426 g/mol. The maximum atomic E-state index is 13.0. The lowest BCUT2D eigenvalue weighted by atomic mass is 9.97. The van der Waals surface area contributed by atoms with Crippen molar-refractivity contribution in [1.82, 2.24) is 5.01 Å². The summed E-state index contributed by atoms with van der Waals surface area (Å²) in [6.07, 6.45) is 0.761. The van der Waals surface area contributed by atoms with E-state index >= 15 is 0 Å². The van der Waals surface area contributed by atoms with Gasteiger partial charge in [0, 0.05) is 24.8 Å². The van der Waals surface area contributed by atoms with Crippen LogP contribution in [0.15, 0.2) is 47.6 Å². The van der Waals surface area contributed by atoms with Crippen LogP contribution in [0.3, 0.4) is 0 Å². The van der Waals surface area contributed by atoms with Crippen LogP contribution in [0.25, 0.3) is 0 Å². The fourth-order valence-electron chi connectivity index (χ4n) is 3.62. The van der Waals surface area contributed by atoms with Gasteiger partial charge in [0.2, 0.25) is 5.91 Å². The molecule has 1 heterocycles. The number of carboxylic acid groups (broad SMARTS) is 1. The van der Waals surface area contributed by atoms with Crippen LogP contribution in [0.4, 0.5) is 0 Å². The van der Waals surface area contributed by atoms with Crippen molar-refractivity contribution in [1.29, 1.82) is 0 Å². The van der Waals surface area contributed by atoms with Crippen LogP contribution >= 0.6 is 0 Å². The number of aliphatic carboxylic acids is 1. The van der Waals surface area contributed by atoms with E-state index in [0.717, 1.165) is 22.6 Å².